The van der Waals surface area contributed by atoms with Gasteiger partial charge < -0.3 is 14.4 Å². The number of nitrogens with zero attached hydrogens (tertiary/aromatic N) is 2. The standard InChI is InChI=1S/C15H18ClN3O3/c1-2-21-9-11-8-19(5-6-22-11)15(20)13-12(16)4-3-10-7-17-18-14(10)13/h3-4,7,11H,2,5-6,8-9H2,1H3,(H,17,18). The van der Waals surface area contributed by atoms with Gasteiger partial charge in [0.2, 0.25) is 0 Å². The van der Waals surface area contributed by atoms with Crippen molar-refractivity contribution in [2.75, 3.05) is 32.9 Å². The smallest absolute Gasteiger partial charge is 0.257 e. The number of carbonyl (C=O) groups is 1. The van der Waals surface area contributed by atoms with E-state index in [0.717, 1.165) is 5.39 Å². The number of hydrogen-bond acceptors (Lipinski definition) is 4. The van der Waals surface area contributed by atoms with Crippen LogP contribution in [0.4, 0.5) is 0 Å². The molecule has 0 bridgehead atoms. The first kappa shape index (κ1) is 15.3. The largest absolute Gasteiger partial charge is 0.379 e. The Morgan fingerprint density at radius 3 is 3.27 bits per heavy atom. The summed E-state index contributed by atoms with van der Waals surface area (Å²) < 4.78 is 11.0. The number of benzene rings is 1. The van der Waals surface area contributed by atoms with Crippen molar-refractivity contribution >= 4 is 28.4 Å². The number of hydrogen-bond donors (Lipinski definition) is 1. The summed E-state index contributed by atoms with van der Waals surface area (Å²) in [5.41, 5.74) is 1.14. The molecule has 2 aromatic rings. The Bertz CT molecular complexity index is 673. The Hall–Kier alpha value is -1.63. The van der Waals surface area contributed by atoms with Crippen molar-refractivity contribution in [3.05, 3.63) is 28.9 Å². The third-order valence-corrected chi connectivity index (χ3v) is 4.03. The fraction of sp³-hybridized carbons (Fsp3) is 0.467. The van der Waals surface area contributed by atoms with Gasteiger partial charge in [-0.3, -0.25) is 9.89 Å². The first-order valence-electron chi connectivity index (χ1n) is 7.31. The van der Waals surface area contributed by atoms with Gasteiger partial charge in [-0.2, -0.15) is 5.10 Å². The van der Waals surface area contributed by atoms with Gasteiger partial charge in [0.1, 0.15) is 0 Å². The highest BCUT2D eigenvalue weighted by Crippen LogP contribution is 2.26. The maximum absolute atomic E-state index is 12.8. The second-order valence-electron chi connectivity index (χ2n) is 5.16. The topological polar surface area (TPSA) is 67.5 Å². The van der Waals surface area contributed by atoms with Crippen molar-refractivity contribution < 1.29 is 14.3 Å². The number of morpholine rings is 1. The molecule has 22 heavy (non-hydrogen) atoms. The highest BCUT2D eigenvalue weighted by atomic mass is 35.5. The number of aromatic nitrogens is 2. The van der Waals surface area contributed by atoms with Crippen LogP contribution in [0.3, 0.4) is 0 Å². The molecule has 1 aliphatic heterocycles. The zero-order valence-corrected chi connectivity index (χ0v) is 13.1. The number of fused-ring (bicyclic) bond motifs is 1. The predicted molar refractivity (Wildman–Crippen MR) is 83.2 cm³/mol. The van der Waals surface area contributed by atoms with Gasteiger partial charge in [-0.05, 0) is 19.1 Å². The van der Waals surface area contributed by atoms with Crippen LogP contribution in [-0.2, 0) is 9.47 Å². The zero-order chi connectivity index (χ0) is 15.5. The molecule has 1 aromatic carbocycles. The minimum absolute atomic E-state index is 0.0996. The maximum Gasteiger partial charge on any atom is 0.257 e. The van der Waals surface area contributed by atoms with Crippen molar-refractivity contribution in [3.63, 3.8) is 0 Å². The highest BCUT2D eigenvalue weighted by molar-refractivity contribution is 6.35. The third-order valence-electron chi connectivity index (χ3n) is 3.71. The SMILES string of the molecule is CCOCC1CN(C(=O)c2c(Cl)ccc3cn[nH]c23)CCO1. The summed E-state index contributed by atoms with van der Waals surface area (Å²) in [4.78, 5) is 14.6. The van der Waals surface area contributed by atoms with E-state index in [1.165, 1.54) is 0 Å². The minimum Gasteiger partial charge on any atom is -0.379 e. The minimum atomic E-state index is -0.107. The first-order valence-corrected chi connectivity index (χ1v) is 7.68. The molecule has 1 saturated heterocycles. The summed E-state index contributed by atoms with van der Waals surface area (Å²) in [6, 6.07) is 3.57. The monoisotopic (exact) mass is 323 g/mol. The molecule has 1 unspecified atom stereocenters. The molecular weight excluding hydrogens is 306 g/mol. The van der Waals surface area contributed by atoms with E-state index in [9.17, 15) is 4.79 Å². The molecular formula is C15H18ClN3O3. The van der Waals surface area contributed by atoms with Crippen molar-refractivity contribution in [3.8, 4) is 0 Å². The van der Waals surface area contributed by atoms with E-state index in [4.69, 9.17) is 21.1 Å². The number of aromatic amines is 1. The van der Waals surface area contributed by atoms with Crippen LogP contribution in [0.5, 0.6) is 0 Å². The van der Waals surface area contributed by atoms with Gasteiger partial charge >= 0.3 is 0 Å². The van der Waals surface area contributed by atoms with Gasteiger partial charge in [0.25, 0.3) is 5.91 Å². The van der Waals surface area contributed by atoms with E-state index in [-0.39, 0.29) is 12.0 Å². The first-order chi connectivity index (χ1) is 10.7. The lowest BCUT2D eigenvalue weighted by molar-refractivity contribution is -0.0597. The van der Waals surface area contributed by atoms with Crippen molar-refractivity contribution in [1.29, 1.82) is 0 Å². The van der Waals surface area contributed by atoms with Gasteiger partial charge in [-0.25, -0.2) is 0 Å². The van der Waals surface area contributed by atoms with E-state index in [0.29, 0.717) is 49.0 Å². The zero-order valence-electron chi connectivity index (χ0n) is 12.3. The number of nitrogens with one attached hydrogen (secondary N) is 1. The molecule has 0 aliphatic carbocycles. The summed E-state index contributed by atoms with van der Waals surface area (Å²) >= 11 is 6.24. The molecule has 1 amide bonds. The molecule has 6 nitrogen and oxygen atoms in total. The summed E-state index contributed by atoms with van der Waals surface area (Å²) in [6.45, 7) is 4.60. The molecule has 1 atom stereocenters. The lowest BCUT2D eigenvalue weighted by atomic mass is 10.1. The average molecular weight is 324 g/mol. The lowest BCUT2D eigenvalue weighted by Crippen LogP contribution is -2.47. The fourth-order valence-electron chi connectivity index (χ4n) is 2.61. The predicted octanol–water partition coefficient (Wildman–Crippen LogP) is 2.09. The van der Waals surface area contributed by atoms with E-state index >= 15 is 0 Å². The molecule has 118 valence electrons. The van der Waals surface area contributed by atoms with E-state index in [1.807, 2.05) is 13.0 Å². The molecule has 0 saturated carbocycles. The molecule has 0 radical (unpaired) electrons. The van der Waals surface area contributed by atoms with E-state index < -0.39 is 0 Å². The molecule has 1 N–H and O–H groups in total. The van der Waals surface area contributed by atoms with Crippen LogP contribution in [0, 0.1) is 0 Å². The van der Waals surface area contributed by atoms with Gasteiger partial charge in [-0.15, -0.1) is 0 Å². The number of halogens is 1. The quantitative estimate of drug-likeness (QED) is 0.935. The van der Waals surface area contributed by atoms with Crippen LogP contribution < -0.4 is 0 Å². The Balaban J connectivity index is 1.83. The fourth-order valence-corrected chi connectivity index (χ4v) is 2.85. The summed E-state index contributed by atoms with van der Waals surface area (Å²) in [7, 11) is 0. The lowest BCUT2D eigenvalue weighted by Gasteiger charge is -2.33. The Morgan fingerprint density at radius 1 is 1.59 bits per heavy atom. The molecule has 1 aliphatic rings. The van der Waals surface area contributed by atoms with Gasteiger partial charge in [0, 0.05) is 25.1 Å². The number of H-pyrrole nitrogens is 1. The van der Waals surface area contributed by atoms with E-state index in [2.05, 4.69) is 10.2 Å². The normalized spacial score (nSPS) is 18.8. The Labute approximate surface area is 133 Å². The van der Waals surface area contributed by atoms with Crippen LogP contribution in [0.1, 0.15) is 17.3 Å². The van der Waals surface area contributed by atoms with Gasteiger partial charge in [-0.1, -0.05) is 11.6 Å². The molecule has 7 heteroatoms. The van der Waals surface area contributed by atoms with Crippen LogP contribution in [0.25, 0.3) is 10.9 Å². The highest BCUT2D eigenvalue weighted by Gasteiger charge is 2.27. The summed E-state index contributed by atoms with van der Waals surface area (Å²) in [5, 5.41) is 8.14. The van der Waals surface area contributed by atoms with Gasteiger partial charge in [0.05, 0.1) is 41.6 Å². The number of ether oxygens (including phenoxy) is 2. The Kier molecular flexibility index (Phi) is 4.61. The number of carbonyl (C=O) groups excluding carboxylic acids is 1. The van der Waals surface area contributed by atoms with Gasteiger partial charge in [0.15, 0.2) is 0 Å². The van der Waals surface area contributed by atoms with Crippen molar-refractivity contribution in [2.24, 2.45) is 0 Å². The van der Waals surface area contributed by atoms with Crippen LogP contribution in [0.15, 0.2) is 18.3 Å². The van der Waals surface area contributed by atoms with Crippen molar-refractivity contribution in [2.45, 2.75) is 13.0 Å². The van der Waals surface area contributed by atoms with Crippen molar-refractivity contribution in [1.82, 2.24) is 15.1 Å². The summed E-state index contributed by atoms with van der Waals surface area (Å²) in [5.74, 6) is -0.107. The average Bonchev–Trinajstić information content (AvgIpc) is 3.01. The summed E-state index contributed by atoms with van der Waals surface area (Å²) in [6.07, 6.45) is 1.58. The molecule has 3 rings (SSSR count). The Morgan fingerprint density at radius 2 is 2.45 bits per heavy atom. The molecule has 2 heterocycles. The number of rotatable bonds is 4. The van der Waals surface area contributed by atoms with Crippen LogP contribution >= 0.6 is 11.6 Å². The second-order valence-corrected chi connectivity index (χ2v) is 5.57. The molecule has 0 spiro atoms. The maximum atomic E-state index is 12.8. The molecule has 1 fully saturated rings. The van der Waals surface area contributed by atoms with E-state index in [1.54, 1.807) is 17.2 Å². The van der Waals surface area contributed by atoms with Crippen LogP contribution in [-0.4, -0.2) is 60.0 Å². The third kappa shape index (κ3) is 2.95. The molecule has 1 aromatic heterocycles. The number of amides is 1. The van der Waals surface area contributed by atoms with Crippen LogP contribution in [0.2, 0.25) is 5.02 Å². The second kappa shape index (κ2) is 6.64.